The Kier molecular flexibility index (Phi) is 5.76. The van der Waals surface area contributed by atoms with Crippen LogP contribution in [0.1, 0.15) is 27.8 Å². The molecule has 0 spiro atoms. The number of rotatable bonds is 5. The summed E-state index contributed by atoms with van der Waals surface area (Å²) in [5.41, 5.74) is 4.40. The van der Waals surface area contributed by atoms with Gasteiger partial charge in [-0.05, 0) is 55.2 Å². The van der Waals surface area contributed by atoms with E-state index in [4.69, 9.17) is 0 Å². The van der Waals surface area contributed by atoms with Crippen molar-refractivity contribution in [1.82, 2.24) is 0 Å². The van der Waals surface area contributed by atoms with E-state index < -0.39 is 30.1 Å². The monoisotopic (exact) mass is 443 g/mol. The zero-order valence-electron chi connectivity index (χ0n) is 18.0. The van der Waals surface area contributed by atoms with E-state index in [-0.39, 0.29) is 6.54 Å². The molecule has 1 aliphatic rings. The molecule has 1 aliphatic heterocycles. The van der Waals surface area contributed by atoms with Gasteiger partial charge in [-0.25, -0.2) is 4.39 Å². The minimum Gasteiger partial charge on any atom is -0.382 e. The first-order valence-electron chi connectivity index (χ1n) is 10.5. The van der Waals surface area contributed by atoms with Gasteiger partial charge in [0.25, 0.3) is 0 Å². The van der Waals surface area contributed by atoms with Crippen LogP contribution in [0.4, 0.5) is 23.2 Å². The lowest BCUT2D eigenvalue weighted by Crippen LogP contribution is -2.44. The summed E-state index contributed by atoms with van der Waals surface area (Å²) in [7, 11) is 0. The summed E-state index contributed by atoms with van der Waals surface area (Å²) in [5, 5.41) is 9.80. The van der Waals surface area contributed by atoms with Crippen LogP contribution >= 0.6 is 0 Å². The Morgan fingerprint density at radius 2 is 1.66 bits per heavy atom. The van der Waals surface area contributed by atoms with Gasteiger partial charge in [0.15, 0.2) is 6.10 Å². The highest BCUT2D eigenvalue weighted by Gasteiger charge is 2.47. The van der Waals surface area contributed by atoms with E-state index in [2.05, 4.69) is 0 Å². The minimum absolute atomic E-state index is 0.205. The average molecular weight is 443 g/mol. The molecule has 2 nitrogen and oxygen atoms in total. The molecule has 1 N–H and O–H groups in total. The van der Waals surface area contributed by atoms with Crippen molar-refractivity contribution >= 4 is 5.69 Å². The predicted octanol–water partition coefficient (Wildman–Crippen LogP) is 5.71. The van der Waals surface area contributed by atoms with Crippen LogP contribution in [-0.4, -0.2) is 30.5 Å². The predicted molar refractivity (Wildman–Crippen MR) is 118 cm³/mol. The maximum Gasteiger partial charge on any atom is 0.416 e. The second-order valence-electron chi connectivity index (χ2n) is 8.72. The van der Waals surface area contributed by atoms with Crippen molar-refractivity contribution in [3.8, 4) is 0 Å². The Morgan fingerprint density at radius 3 is 2.31 bits per heavy atom. The third kappa shape index (κ3) is 4.24. The van der Waals surface area contributed by atoms with Gasteiger partial charge in [-0.2, -0.15) is 13.2 Å². The average Bonchev–Trinajstić information content (AvgIpc) is 3.01. The summed E-state index contributed by atoms with van der Waals surface area (Å²) in [6.07, 6.45) is -6.73. The number of halogens is 4. The van der Waals surface area contributed by atoms with Gasteiger partial charge >= 0.3 is 6.18 Å². The molecule has 4 rings (SSSR count). The smallest absolute Gasteiger partial charge is 0.382 e. The standard InChI is InChI=1S/C26H25F4NO/c1-17-5-3-7-19(11-17)14-25(20-8-4-6-18(2)12-20)16-31(15-24(32)26(28,29)30)23-10-9-21(27)13-22(23)25/h3-13,24,32H,14-16H2,1-2H3/t24-,25?/m1/s1. The summed E-state index contributed by atoms with van der Waals surface area (Å²) < 4.78 is 53.9. The summed E-state index contributed by atoms with van der Waals surface area (Å²) >= 11 is 0. The Labute approximate surface area is 185 Å². The van der Waals surface area contributed by atoms with Crippen LogP contribution in [0.25, 0.3) is 0 Å². The van der Waals surface area contributed by atoms with Gasteiger partial charge in [0.1, 0.15) is 5.82 Å². The molecule has 0 amide bonds. The van der Waals surface area contributed by atoms with Crippen LogP contribution < -0.4 is 4.90 Å². The third-order valence-electron chi connectivity index (χ3n) is 6.21. The van der Waals surface area contributed by atoms with Crippen LogP contribution in [0.3, 0.4) is 0 Å². The van der Waals surface area contributed by atoms with Crippen molar-refractivity contribution in [2.45, 2.75) is 38.0 Å². The number of aliphatic hydroxyl groups excluding tert-OH is 1. The highest BCUT2D eigenvalue weighted by atomic mass is 19.4. The number of anilines is 1. The molecule has 2 atom stereocenters. The first-order valence-corrected chi connectivity index (χ1v) is 10.5. The van der Waals surface area contributed by atoms with Crippen molar-refractivity contribution in [1.29, 1.82) is 0 Å². The van der Waals surface area contributed by atoms with E-state index in [1.807, 2.05) is 62.4 Å². The van der Waals surface area contributed by atoms with Gasteiger partial charge < -0.3 is 10.0 Å². The van der Waals surface area contributed by atoms with E-state index >= 15 is 0 Å². The maximum absolute atomic E-state index is 14.4. The molecule has 32 heavy (non-hydrogen) atoms. The van der Waals surface area contributed by atoms with Crippen molar-refractivity contribution in [2.24, 2.45) is 0 Å². The molecule has 6 heteroatoms. The molecule has 0 aromatic heterocycles. The second-order valence-corrected chi connectivity index (χ2v) is 8.72. The quantitative estimate of drug-likeness (QED) is 0.511. The van der Waals surface area contributed by atoms with Gasteiger partial charge in [0, 0.05) is 17.6 Å². The zero-order chi connectivity index (χ0) is 23.1. The number of β-amino-alcohol motifs (C(OH)–C–C–N with tert-alkyl or cyclic N) is 1. The van der Waals surface area contributed by atoms with Crippen molar-refractivity contribution in [3.63, 3.8) is 0 Å². The van der Waals surface area contributed by atoms with Crippen LogP contribution in [-0.2, 0) is 11.8 Å². The fourth-order valence-electron chi connectivity index (χ4n) is 4.75. The zero-order valence-corrected chi connectivity index (χ0v) is 18.0. The van der Waals surface area contributed by atoms with E-state index in [1.54, 1.807) is 0 Å². The van der Waals surface area contributed by atoms with Gasteiger partial charge in [0.2, 0.25) is 0 Å². The van der Waals surface area contributed by atoms with Crippen LogP contribution in [0.5, 0.6) is 0 Å². The molecule has 1 unspecified atom stereocenters. The molecule has 168 valence electrons. The topological polar surface area (TPSA) is 23.5 Å². The lowest BCUT2D eigenvalue weighted by atomic mass is 9.71. The number of nitrogens with zero attached hydrogens (tertiary/aromatic N) is 1. The number of aliphatic hydroxyl groups is 1. The molecule has 0 aliphatic carbocycles. The van der Waals surface area contributed by atoms with E-state index in [9.17, 15) is 22.7 Å². The normalized spacial score (nSPS) is 19.2. The summed E-state index contributed by atoms with van der Waals surface area (Å²) in [6, 6.07) is 20.0. The molecule has 0 fully saturated rings. The Morgan fingerprint density at radius 1 is 0.969 bits per heavy atom. The van der Waals surface area contributed by atoms with Crippen molar-refractivity contribution in [3.05, 3.63) is 100 Å². The van der Waals surface area contributed by atoms with Crippen LogP contribution in [0, 0.1) is 19.7 Å². The number of alkyl halides is 3. The number of benzene rings is 3. The van der Waals surface area contributed by atoms with Crippen LogP contribution in [0.2, 0.25) is 0 Å². The van der Waals surface area contributed by atoms with Gasteiger partial charge in [-0.1, -0.05) is 59.7 Å². The lowest BCUT2D eigenvalue weighted by Gasteiger charge is -2.33. The highest BCUT2D eigenvalue weighted by molar-refractivity contribution is 5.67. The van der Waals surface area contributed by atoms with E-state index in [0.29, 0.717) is 17.7 Å². The fraction of sp³-hybridized carbons (Fsp3) is 0.308. The van der Waals surface area contributed by atoms with Gasteiger partial charge in [-0.3, -0.25) is 0 Å². The lowest BCUT2D eigenvalue weighted by molar-refractivity contribution is -0.200. The first kappa shape index (κ1) is 22.3. The number of hydrogen-bond donors (Lipinski definition) is 1. The Balaban J connectivity index is 1.88. The van der Waals surface area contributed by atoms with Gasteiger partial charge in [0.05, 0.1) is 6.54 Å². The Bertz CT molecular complexity index is 1130. The second kappa shape index (κ2) is 8.24. The molecule has 0 saturated heterocycles. The first-order chi connectivity index (χ1) is 15.1. The molecule has 3 aromatic carbocycles. The number of aryl methyl sites for hydroxylation is 2. The third-order valence-corrected chi connectivity index (χ3v) is 6.21. The SMILES string of the molecule is Cc1cccc(CC2(c3cccc(C)c3)CN(C[C@@H](O)C(F)(F)F)c3ccc(F)cc32)c1. The highest BCUT2D eigenvalue weighted by Crippen LogP contribution is 2.48. The maximum atomic E-state index is 14.4. The minimum atomic E-state index is -4.73. The molecule has 0 saturated carbocycles. The molecule has 0 radical (unpaired) electrons. The van der Waals surface area contributed by atoms with Gasteiger partial charge in [-0.15, -0.1) is 0 Å². The molecular formula is C26H25F4NO. The van der Waals surface area contributed by atoms with Crippen molar-refractivity contribution in [2.75, 3.05) is 18.0 Å². The molecule has 0 bridgehead atoms. The van der Waals surface area contributed by atoms with Crippen molar-refractivity contribution < 1.29 is 22.7 Å². The summed E-state index contributed by atoms with van der Waals surface area (Å²) in [5.74, 6) is -0.441. The number of fused-ring (bicyclic) bond motifs is 1. The molecule has 1 heterocycles. The van der Waals surface area contributed by atoms with E-state index in [1.165, 1.54) is 23.1 Å². The van der Waals surface area contributed by atoms with Crippen LogP contribution in [0.15, 0.2) is 66.7 Å². The molecule has 3 aromatic rings. The molecular weight excluding hydrogens is 418 g/mol. The number of hydrogen-bond acceptors (Lipinski definition) is 2. The summed E-state index contributed by atoms with van der Waals surface area (Å²) in [6.45, 7) is 3.54. The summed E-state index contributed by atoms with van der Waals surface area (Å²) in [4.78, 5) is 1.53. The van der Waals surface area contributed by atoms with E-state index in [0.717, 1.165) is 22.3 Å². The Hall–Kier alpha value is -2.86. The largest absolute Gasteiger partial charge is 0.416 e. The fourth-order valence-corrected chi connectivity index (χ4v) is 4.75.